The normalized spacial score (nSPS) is 10.5. The van der Waals surface area contributed by atoms with Gasteiger partial charge in [-0.25, -0.2) is 0 Å². The molecular weight excluding hydrogens is 328 g/mol. The first-order chi connectivity index (χ1) is 10.3. The molecule has 0 aromatic heterocycles. The molecule has 0 saturated carbocycles. The molecule has 3 aromatic carbocycles. The van der Waals surface area contributed by atoms with Crippen LogP contribution in [-0.2, 0) is 6.61 Å². The van der Waals surface area contributed by atoms with Crippen LogP contribution in [0, 0.1) is 0 Å². The monoisotopic (exact) mass is 340 g/mol. The van der Waals surface area contributed by atoms with Crippen LogP contribution in [0.4, 0.5) is 0 Å². The number of carbonyl (C=O) groups is 1. The summed E-state index contributed by atoms with van der Waals surface area (Å²) in [5.41, 5.74) is 1.74. The summed E-state index contributed by atoms with van der Waals surface area (Å²) in [6, 6.07) is 19.8. The second-order valence-electron chi connectivity index (χ2n) is 4.78. The second kappa shape index (κ2) is 6.10. The van der Waals surface area contributed by atoms with Crippen LogP contribution in [0.15, 0.2) is 65.1 Å². The summed E-state index contributed by atoms with van der Waals surface area (Å²) >= 11 is 3.42. The minimum absolute atomic E-state index is 0.490. The van der Waals surface area contributed by atoms with Gasteiger partial charge in [0.1, 0.15) is 18.6 Å². The van der Waals surface area contributed by atoms with E-state index in [9.17, 15) is 4.79 Å². The number of ether oxygens (including phenoxy) is 1. The Balaban J connectivity index is 1.78. The third-order valence-electron chi connectivity index (χ3n) is 3.30. The molecule has 0 heterocycles. The van der Waals surface area contributed by atoms with Crippen molar-refractivity contribution in [2.24, 2.45) is 0 Å². The third kappa shape index (κ3) is 3.14. The Morgan fingerprint density at radius 2 is 1.76 bits per heavy atom. The summed E-state index contributed by atoms with van der Waals surface area (Å²) in [5, 5.41) is 2.42. The first-order valence-electron chi connectivity index (χ1n) is 6.61. The van der Waals surface area contributed by atoms with Crippen LogP contribution >= 0.6 is 15.9 Å². The maximum atomic E-state index is 10.7. The van der Waals surface area contributed by atoms with E-state index in [1.54, 1.807) is 18.2 Å². The number of halogens is 1. The van der Waals surface area contributed by atoms with Crippen LogP contribution < -0.4 is 4.74 Å². The zero-order valence-electron chi connectivity index (χ0n) is 11.3. The molecule has 0 aliphatic carbocycles. The molecule has 0 atom stereocenters. The average molecular weight is 341 g/mol. The first-order valence-corrected chi connectivity index (χ1v) is 7.41. The van der Waals surface area contributed by atoms with Crippen LogP contribution in [0.2, 0.25) is 0 Å². The number of hydrogen-bond acceptors (Lipinski definition) is 2. The zero-order chi connectivity index (χ0) is 14.7. The molecule has 0 aliphatic rings. The van der Waals surface area contributed by atoms with Crippen molar-refractivity contribution < 1.29 is 9.53 Å². The number of fused-ring (bicyclic) bond motifs is 1. The van der Waals surface area contributed by atoms with E-state index in [-0.39, 0.29) is 0 Å². The van der Waals surface area contributed by atoms with Crippen LogP contribution in [-0.4, -0.2) is 6.29 Å². The van der Waals surface area contributed by atoms with E-state index in [4.69, 9.17) is 4.74 Å². The predicted octanol–water partition coefficient (Wildman–Crippen LogP) is 4.99. The molecule has 0 radical (unpaired) electrons. The van der Waals surface area contributed by atoms with Crippen LogP contribution in [0.1, 0.15) is 15.9 Å². The highest BCUT2D eigenvalue weighted by atomic mass is 79.9. The lowest BCUT2D eigenvalue weighted by atomic mass is 10.1. The fraction of sp³-hybridized carbons (Fsp3) is 0.0556. The quantitative estimate of drug-likeness (QED) is 0.625. The Bertz CT molecular complexity index is 796. The van der Waals surface area contributed by atoms with Crippen molar-refractivity contribution in [3.63, 3.8) is 0 Å². The lowest BCUT2D eigenvalue weighted by molar-refractivity contribution is 0.112. The average Bonchev–Trinajstić information content (AvgIpc) is 2.53. The number of rotatable bonds is 4. The van der Waals surface area contributed by atoms with Gasteiger partial charge in [0.15, 0.2) is 0 Å². The van der Waals surface area contributed by atoms with E-state index >= 15 is 0 Å². The molecule has 21 heavy (non-hydrogen) atoms. The van der Waals surface area contributed by atoms with Crippen molar-refractivity contribution in [1.29, 1.82) is 0 Å². The Morgan fingerprint density at radius 1 is 0.952 bits per heavy atom. The maximum absolute atomic E-state index is 10.7. The summed E-state index contributed by atoms with van der Waals surface area (Å²) in [5.74, 6) is 0.730. The largest absolute Gasteiger partial charge is 0.488 e. The SMILES string of the molecule is O=Cc1ccc(OCc2ccc3ccccc3c2)c(Br)c1. The minimum Gasteiger partial charge on any atom is -0.488 e. The van der Waals surface area contributed by atoms with E-state index < -0.39 is 0 Å². The first kappa shape index (κ1) is 13.8. The van der Waals surface area contributed by atoms with Gasteiger partial charge in [-0.3, -0.25) is 4.79 Å². The Morgan fingerprint density at radius 3 is 2.52 bits per heavy atom. The van der Waals surface area contributed by atoms with Crippen molar-refractivity contribution in [2.75, 3.05) is 0 Å². The Kier molecular flexibility index (Phi) is 4.02. The van der Waals surface area contributed by atoms with Crippen molar-refractivity contribution >= 4 is 33.0 Å². The van der Waals surface area contributed by atoms with Gasteiger partial charge in [-0.05, 0) is 56.5 Å². The Labute approximate surface area is 131 Å². The van der Waals surface area contributed by atoms with Gasteiger partial charge in [-0.2, -0.15) is 0 Å². The number of aldehydes is 1. The molecule has 104 valence electrons. The van der Waals surface area contributed by atoms with Gasteiger partial charge in [-0.1, -0.05) is 36.4 Å². The van der Waals surface area contributed by atoms with E-state index in [1.165, 1.54) is 10.8 Å². The molecule has 0 spiro atoms. The molecule has 0 amide bonds. The molecule has 2 nitrogen and oxygen atoms in total. The highest BCUT2D eigenvalue weighted by Gasteiger charge is 2.03. The van der Waals surface area contributed by atoms with E-state index in [0.29, 0.717) is 12.2 Å². The minimum atomic E-state index is 0.490. The van der Waals surface area contributed by atoms with Crippen molar-refractivity contribution in [3.8, 4) is 5.75 Å². The molecule has 3 aromatic rings. The van der Waals surface area contributed by atoms with Gasteiger partial charge < -0.3 is 4.74 Å². The van der Waals surface area contributed by atoms with Gasteiger partial charge in [0, 0.05) is 5.56 Å². The van der Waals surface area contributed by atoms with Crippen LogP contribution in [0.5, 0.6) is 5.75 Å². The molecule has 0 fully saturated rings. The van der Waals surface area contributed by atoms with Gasteiger partial charge in [-0.15, -0.1) is 0 Å². The van der Waals surface area contributed by atoms with Crippen molar-refractivity contribution in [1.82, 2.24) is 0 Å². The highest BCUT2D eigenvalue weighted by molar-refractivity contribution is 9.10. The van der Waals surface area contributed by atoms with Crippen LogP contribution in [0.3, 0.4) is 0 Å². The molecule has 0 N–H and O–H groups in total. The third-order valence-corrected chi connectivity index (χ3v) is 3.92. The summed E-state index contributed by atoms with van der Waals surface area (Å²) in [6.07, 6.45) is 0.817. The number of benzene rings is 3. The maximum Gasteiger partial charge on any atom is 0.150 e. The number of hydrogen-bond donors (Lipinski definition) is 0. The van der Waals surface area contributed by atoms with Gasteiger partial charge in [0.25, 0.3) is 0 Å². The predicted molar refractivity (Wildman–Crippen MR) is 87.8 cm³/mol. The summed E-state index contributed by atoms with van der Waals surface area (Å²) in [7, 11) is 0. The summed E-state index contributed by atoms with van der Waals surface area (Å²) in [4.78, 5) is 10.7. The fourth-order valence-corrected chi connectivity index (χ4v) is 2.71. The molecule has 0 unspecified atom stereocenters. The number of carbonyl (C=O) groups excluding carboxylic acids is 1. The van der Waals surface area contributed by atoms with E-state index in [2.05, 4.69) is 46.3 Å². The standard InChI is InChI=1S/C18H13BrO2/c19-17-10-13(11-20)6-8-18(17)21-12-14-5-7-15-3-1-2-4-16(15)9-14/h1-11H,12H2. The smallest absolute Gasteiger partial charge is 0.150 e. The molecule has 3 rings (SSSR count). The molecular formula is C18H13BrO2. The van der Waals surface area contributed by atoms with E-state index in [1.807, 2.05) is 12.1 Å². The topological polar surface area (TPSA) is 26.3 Å². The van der Waals surface area contributed by atoms with Gasteiger partial charge >= 0.3 is 0 Å². The van der Waals surface area contributed by atoms with Crippen molar-refractivity contribution in [3.05, 3.63) is 76.3 Å². The molecule has 3 heteroatoms. The summed E-state index contributed by atoms with van der Waals surface area (Å²) in [6.45, 7) is 0.490. The second-order valence-corrected chi connectivity index (χ2v) is 5.63. The van der Waals surface area contributed by atoms with Gasteiger partial charge in [0.05, 0.1) is 4.47 Å². The molecule has 0 aliphatic heterocycles. The highest BCUT2D eigenvalue weighted by Crippen LogP contribution is 2.26. The summed E-state index contributed by atoms with van der Waals surface area (Å²) < 4.78 is 6.59. The van der Waals surface area contributed by atoms with Crippen molar-refractivity contribution in [2.45, 2.75) is 6.61 Å². The zero-order valence-corrected chi connectivity index (χ0v) is 12.8. The van der Waals surface area contributed by atoms with Crippen LogP contribution in [0.25, 0.3) is 10.8 Å². The fourth-order valence-electron chi connectivity index (χ4n) is 2.20. The molecule has 0 saturated heterocycles. The Hall–Kier alpha value is -2.13. The lowest BCUT2D eigenvalue weighted by Crippen LogP contribution is -1.96. The lowest BCUT2D eigenvalue weighted by Gasteiger charge is -2.09. The molecule has 0 bridgehead atoms. The van der Waals surface area contributed by atoms with Gasteiger partial charge in [0.2, 0.25) is 0 Å². The van der Waals surface area contributed by atoms with E-state index in [0.717, 1.165) is 22.1 Å².